The Labute approximate surface area is 78.3 Å². The first-order valence-corrected chi connectivity index (χ1v) is 7.24. The average Bonchev–Trinajstić information content (AvgIpc) is 2.08. The molecule has 0 aromatic rings. The number of rotatable bonds is 6. The Balaban J connectivity index is 3.84. The van der Waals surface area contributed by atoms with Gasteiger partial charge in [-0.2, -0.15) is 0 Å². The molecular weight excluding hydrogens is 223 g/mol. The van der Waals surface area contributed by atoms with Gasteiger partial charge in [0.05, 0.1) is 0 Å². The van der Waals surface area contributed by atoms with Crippen LogP contribution in [0, 0.1) is 0 Å². The molecule has 0 aromatic carbocycles. The van der Waals surface area contributed by atoms with Crippen LogP contribution in [0.5, 0.6) is 0 Å². The summed E-state index contributed by atoms with van der Waals surface area (Å²) in [5.74, 6) is 0. The van der Waals surface area contributed by atoms with Crippen LogP contribution in [-0.2, 0) is 13.3 Å². The van der Waals surface area contributed by atoms with Gasteiger partial charge < -0.3 is 0 Å². The van der Waals surface area contributed by atoms with Crippen molar-refractivity contribution in [1.29, 1.82) is 0 Å². The topological polar surface area (TPSA) is 27.7 Å². The van der Waals surface area contributed by atoms with Crippen molar-refractivity contribution in [2.24, 2.45) is 0 Å². The zero-order valence-corrected chi connectivity index (χ0v) is 10.8. The van der Waals surface area contributed by atoms with E-state index in [-0.39, 0.29) is 0 Å². The van der Waals surface area contributed by atoms with Gasteiger partial charge >= 0.3 is 77.9 Å². The molecule has 1 atom stereocenters. The Bertz CT molecular complexity index is 89.6. The van der Waals surface area contributed by atoms with Crippen molar-refractivity contribution in [3.63, 3.8) is 0 Å². The molecule has 0 aliphatic rings. The van der Waals surface area contributed by atoms with E-state index in [2.05, 4.69) is 0 Å². The molecule has 0 radical (unpaired) electrons. The molecule has 11 heavy (non-hydrogen) atoms. The molecule has 0 saturated carbocycles. The molecule has 0 aromatic heterocycles. The van der Waals surface area contributed by atoms with Gasteiger partial charge in [-0.1, -0.05) is 0 Å². The van der Waals surface area contributed by atoms with E-state index in [0.29, 0.717) is 0 Å². The molecule has 0 heterocycles. The van der Waals surface area contributed by atoms with Crippen LogP contribution in [0.4, 0.5) is 0 Å². The Morgan fingerprint density at radius 3 is 1.82 bits per heavy atom. The molecule has 68 valence electrons. The molecule has 5 heteroatoms. The van der Waals surface area contributed by atoms with Crippen LogP contribution in [0.1, 0.15) is 6.42 Å². The molecule has 0 N–H and O–H groups in total. The fraction of sp³-hybridized carbons (Fsp3) is 1.00. The first-order chi connectivity index (χ1) is 5.24. The zero-order valence-electron chi connectivity index (χ0n) is 7.42. The number of hydrogen-bond donors (Lipinski definition) is 0. The van der Waals surface area contributed by atoms with Gasteiger partial charge in [0.1, 0.15) is 0 Å². The predicted molar refractivity (Wildman–Crippen MR) is 49.6 cm³/mol. The molecule has 0 rings (SSSR count). The van der Waals surface area contributed by atoms with Gasteiger partial charge in [-0.05, 0) is 0 Å². The Morgan fingerprint density at radius 1 is 1.09 bits per heavy atom. The second-order valence-corrected chi connectivity index (χ2v) is 6.49. The second-order valence-electron chi connectivity index (χ2n) is 2.19. The third-order valence-electron chi connectivity index (χ3n) is 1.62. The van der Waals surface area contributed by atoms with E-state index in [1.165, 1.54) is 5.21 Å². The van der Waals surface area contributed by atoms with E-state index in [9.17, 15) is 0 Å². The quantitative estimate of drug-likeness (QED) is 0.625. The molecule has 3 nitrogen and oxygen atoms in total. The van der Waals surface area contributed by atoms with Gasteiger partial charge in [0.2, 0.25) is 0 Å². The molecule has 0 spiro atoms. The van der Waals surface area contributed by atoms with Crippen molar-refractivity contribution in [2.75, 3.05) is 21.3 Å². The Kier molecular flexibility index (Phi) is 6.57. The molecule has 0 fully saturated rings. The van der Waals surface area contributed by atoms with E-state index in [0.717, 1.165) is 12.5 Å². The first-order valence-electron chi connectivity index (χ1n) is 3.60. The third kappa shape index (κ3) is 3.72. The average molecular weight is 240 g/mol. The summed E-state index contributed by atoms with van der Waals surface area (Å²) in [5.41, 5.74) is 0. The van der Waals surface area contributed by atoms with Crippen molar-refractivity contribution < 1.29 is 13.3 Å². The van der Waals surface area contributed by atoms with E-state index in [4.69, 9.17) is 13.3 Å². The van der Waals surface area contributed by atoms with E-state index in [1.807, 2.05) is 0 Å². The summed E-state index contributed by atoms with van der Waals surface area (Å²) in [7, 11) is 2.73. The summed E-state index contributed by atoms with van der Waals surface area (Å²) < 4.78 is 15.7. The fourth-order valence-electron chi connectivity index (χ4n) is 0.875. The minimum absolute atomic E-state index is 0.925. The maximum atomic E-state index is 5.24. The van der Waals surface area contributed by atoms with Crippen molar-refractivity contribution in [3.8, 4) is 0 Å². The van der Waals surface area contributed by atoms with E-state index >= 15 is 0 Å². The second kappa shape index (κ2) is 6.20. The third-order valence-corrected chi connectivity index (χ3v) is 5.31. The van der Waals surface area contributed by atoms with Crippen LogP contribution >= 0.6 is 0 Å². The van der Waals surface area contributed by atoms with Crippen LogP contribution < -0.4 is 0 Å². The van der Waals surface area contributed by atoms with Crippen molar-refractivity contribution in [1.82, 2.24) is 0 Å². The number of hydrogen-bond acceptors (Lipinski definition) is 3. The first kappa shape index (κ1) is 11.7. The molecule has 0 aliphatic carbocycles. The summed E-state index contributed by atoms with van der Waals surface area (Å²) >= 11 is 1.74. The van der Waals surface area contributed by atoms with Crippen LogP contribution in [0.2, 0.25) is 11.3 Å². The predicted octanol–water partition coefficient (Wildman–Crippen LogP) is 0.306. The van der Waals surface area contributed by atoms with Gasteiger partial charge in [0, 0.05) is 0 Å². The van der Waals surface area contributed by atoms with E-state index in [1.54, 1.807) is 38.2 Å². The monoisotopic (exact) mass is 240 g/mol. The molecule has 0 saturated heterocycles. The van der Waals surface area contributed by atoms with Gasteiger partial charge in [-0.3, -0.25) is 0 Å². The summed E-state index contributed by atoms with van der Waals surface area (Å²) in [5, 5.41) is 1.21. The van der Waals surface area contributed by atoms with Gasteiger partial charge in [0.25, 0.3) is 0 Å². The molecule has 0 amide bonds. The normalized spacial score (nSPS) is 12.0. The van der Waals surface area contributed by atoms with Crippen molar-refractivity contribution >= 4 is 25.7 Å². The van der Waals surface area contributed by atoms with Crippen molar-refractivity contribution in [3.05, 3.63) is 0 Å². The SMILES string of the molecule is CO[Si](CCC[AsH2])(OC)OC. The minimum atomic E-state index is -2.23. The summed E-state index contributed by atoms with van der Waals surface area (Å²) in [6.07, 6.45) is 1.13. The zero-order chi connectivity index (χ0) is 8.74. The standard InChI is InChI=1S/C6H17AsO3Si/c1-8-11(9-2,10-3)6-4-5-7/h4-7H2,1-3H3. The van der Waals surface area contributed by atoms with Gasteiger partial charge in [-0.15, -0.1) is 0 Å². The molecule has 1 unspecified atom stereocenters. The van der Waals surface area contributed by atoms with Gasteiger partial charge in [-0.25, -0.2) is 0 Å². The van der Waals surface area contributed by atoms with Crippen LogP contribution in [0.3, 0.4) is 0 Å². The summed E-state index contributed by atoms with van der Waals surface area (Å²) in [6, 6.07) is 0.925. The fourth-order valence-corrected chi connectivity index (χ4v) is 3.91. The summed E-state index contributed by atoms with van der Waals surface area (Å²) in [4.78, 5) is 0. The van der Waals surface area contributed by atoms with Crippen LogP contribution in [0.15, 0.2) is 0 Å². The Hall–Kier alpha value is 0.655. The van der Waals surface area contributed by atoms with Crippen LogP contribution in [0.25, 0.3) is 0 Å². The molecule has 0 aliphatic heterocycles. The summed E-state index contributed by atoms with van der Waals surface area (Å²) in [6.45, 7) is 0. The molecule has 0 bridgehead atoms. The molecular formula is C6H17AsO3Si. The Morgan fingerprint density at radius 2 is 1.55 bits per heavy atom. The van der Waals surface area contributed by atoms with Gasteiger partial charge in [0.15, 0.2) is 0 Å². The van der Waals surface area contributed by atoms with Crippen LogP contribution in [-0.4, -0.2) is 47.0 Å². The van der Waals surface area contributed by atoms with Crippen molar-refractivity contribution in [2.45, 2.75) is 17.7 Å². The maximum absolute atomic E-state index is 5.24. The van der Waals surface area contributed by atoms with E-state index < -0.39 is 8.80 Å².